The Bertz CT molecular complexity index is 580. The van der Waals surface area contributed by atoms with Crippen molar-refractivity contribution < 1.29 is 9.47 Å². The quantitative estimate of drug-likeness (QED) is 0.881. The summed E-state index contributed by atoms with van der Waals surface area (Å²) in [7, 11) is 3.14. The minimum Gasteiger partial charge on any atom is -0.481 e. The Kier molecular flexibility index (Phi) is 4.92. The summed E-state index contributed by atoms with van der Waals surface area (Å²) >= 11 is 0. The van der Waals surface area contributed by atoms with Crippen LogP contribution < -0.4 is 14.8 Å². The molecule has 0 unspecified atom stereocenters. The van der Waals surface area contributed by atoms with E-state index in [-0.39, 0.29) is 0 Å². The second-order valence-corrected chi connectivity index (χ2v) is 5.00. The van der Waals surface area contributed by atoms with Gasteiger partial charge >= 0.3 is 0 Å². The smallest absolute Gasteiger partial charge is 0.216 e. The lowest BCUT2D eigenvalue weighted by atomic mass is 10.2. The second-order valence-electron chi connectivity index (χ2n) is 5.00. The lowest BCUT2D eigenvalue weighted by Gasteiger charge is -2.10. The summed E-state index contributed by atoms with van der Waals surface area (Å²) < 4.78 is 10.4. The number of pyridine rings is 1. The molecule has 1 N–H and O–H groups in total. The van der Waals surface area contributed by atoms with Crippen LogP contribution in [0.4, 0.5) is 5.82 Å². The molecule has 0 aliphatic heterocycles. The lowest BCUT2D eigenvalue weighted by molar-refractivity contribution is 0.365. The van der Waals surface area contributed by atoms with E-state index in [1.165, 1.54) is 6.33 Å². The highest BCUT2D eigenvalue weighted by Crippen LogP contribution is 2.26. The number of nitrogens with zero attached hydrogens (tertiary/aromatic N) is 3. The van der Waals surface area contributed by atoms with Crippen molar-refractivity contribution in [2.75, 3.05) is 26.1 Å². The Balaban J connectivity index is 2.30. The molecule has 0 aromatic carbocycles. The summed E-state index contributed by atoms with van der Waals surface area (Å²) in [6, 6.07) is 5.53. The molecular weight excluding hydrogens is 268 g/mol. The van der Waals surface area contributed by atoms with Crippen molar-refractivity contribution in [3.63, 3.8) is 0 Å². The molecule has 0 bridgehead atoms. The lowest BCUT2D eigenvalue weighted by Crippen LogP contribution is -2.09. The fourth-order valence-corrected chi connectivity index (χ4v) is 1.76. The zero-order valence-corrected chi connectivity index (χ0v) is 12.8. The van der Waals surface area contributed by atoms with Gasteiger partial charge in [-0.25, -0.2) is 9.97 Å². The third-order valence-electron chi connectivity index (χ3n) is 2.85. The Hall–Kier alpha value is -2.37. The van der Waals surface area contributed by atoms with Gasteiger partial charge in [-0.15, -0.1) is 0 Å². The van der Waals surface area contributed by atoms with Gasteiger partial charge in [0.1, 0.15) is 12.1 Å². The third-order valence-corrected chi connectivity index (χ3v) is 2.85. The largest absolute Gasteiger partial charge is 0.481 e. The van der Waals surface area contributed by atoms with E-state index in [4.69, 9.17) is 9.47 Å². The molecule has 0 fully saturated rings. The van der Waals surface area contributed by atoms with Gasteiger partial charge in [-0.05, 0) is 5.92 Å². The van der Waals surface area contributed by atoms with E-state index in [1.807, 2.05) is 18.2 Å². The molecule has 0 radical (unpaired) electrons. The summed E-state index contributed by atoms with van der Waals surface area (Å²) in [6.45, 7) is 5.15. The van der Waals surface area contributed by atoms with E-state index in [0.717, 1.165) is 23.6 Å². The second kappa shape index (κ2) is 6.88. The molecule has 0 aliphatic rings. The van der Waals surface area contributed by atoms with Crippen LogP contribution in [-0.2, 0) is 0 Å². The maximum Gasteiger partial charge on any atom is 0.216 e. The van der Waals surface area contributed by atoms with Gasteiger partial charge in [-0.2, -0.15) is 4.98 Å². The molecule has 21 heavy (non-hydrogen) atoms. The maximum atomic E-state index is 5.18. The van der Waals surface area contributed by atoms with E-state index in [2.05, 4.69) is 34.1 Å². The number of aromatic nitrogens is 3. The Morgan fingerprint density at radius 1 is 1.05 bits per heavy atom. The molecule has 2 heterocycles. The van der Waals surface area contributed by atoms with Crippen molar-refractivity contribution in [3.8, 4) is 23.0 Å². The summed E-state index contributed by atoms with van der Waals surface area (Å²) in [5, 5.41) is 3.28. The van der Waals surface area contributed by atoms with Crippen LogP contribution in [0.1, 0.15) is 13.8 Å². The highest BCUT2D eigenvalue weighted by atomic mass is 16.5. The van der Waals surface area contributed by atoms with Crippen molar-refractivity contribution in [1.82, 2.24) is 15.0 Å². The predicted octanol–water partition coefficient (Wildman–Crippen LogP) is 2.62. The van der Waals surface area contributed by atoms with E-state index in [1.54, 1.807) is 14.2 Å². The molecule has 0 amide bonds. The predicted molar refractivity (Wildman–Crippen MR) is 81.7 cm³/mol. The molecule has 0 aliphatic carbocycles. The molecule has 0 atom stereocenters. The maximum absolute atomic E-state index is 5.18. The summed E-state index contributed by atoms with van der Waals surface area (Å²) in [5.41, 5.74) is 1.66. The first kappa shape index (κ1) is 15.0. The summed E-state index contributed by atoms with van der Waals surface area (Å²) in [5.74, 6) is 2.31. The number of nitrogens with one attached hydrogen (secondary N) is 1. The standard InChI is InChI=1S/C15H20N4O2/c1-10(2)8-16-13-7-12(17-9-18-13)11-5-14(20-3)19-15(6-11)21-4/h5-7,9-10H,8H2,1-4H3,(H,16,17,18). The van der Waals surface area contributed by atoms with Crippen molar-refractivity contribution in [2.24, 2.45) is 5.92 Å². The molecule has 6 heteroatoms. The van der Waals surface area contributed by atoms with E-state index >= 15 is 0 Å². The first-order valence-electron chi connectivity index (χ1n) is 6.78. The highest BCUT2D eigenvalue weighted by molar-refractivity contribution is 5.64. The van der Waals surface area contributed by atoms with Gasteiger partial charge in [-0.3, -0.25) is 0 Å². The molecule has 0 saturated heterocycles. The number of methoxy groups -OCH3 is 2. The highest BCUT2D eigenvalue weighted by Gasteiger charge is 2.08. The molecule has 112 valence electrons. The molecule has 6 nitrogen and oxygen atoms in total. The number of anilines is 1. The fourth-order valence-electron chi connectivity index (χ4n) is 1.76. The van der Waals surface area contributed by atoms with Crippen LogP contribution in [0.3, 0.4) is 0 Å². The summed E-state index contributed by atoms with van der Waals surface area (Å²) in [6.07, 6.45) is 1.54. The number of ether oxygens (including phenoxy) is 2. The van der Waals surface area contributed by atoms with Gasteiger partial charge in [0, 0.05) is 30.3 Å². The van der Waals surface area contributed by atoms with Crippen LogP contribution in [0.2, 0.25) is 0 Å². The third kappa shape index (κ3) is 4.05. The topological polar surface area (TPSA) is 69.2 Å². The van der Waals surface area contributed by atoms with Crippen molar-refractivity contribution in [1.29, 1.82) is 0 Å². The van der Waals surface area contributed by atoms with Crippen LogP contribution in [-0.4, -0.2) is 35.7 Å². The fraction of sp³-hybridized carbons (Fsp3) is 0.400. The van der Waals surface area contributed by atoms with Crippen LogP contribution in [0.15, 0.2) is 24.5 Å². The molecule has 2 rings (SSSR count). The van der Waals surface area contributed by atoms with Gasteiger partial charge in [0.05, 0.1) is 19.9 Å². The first-order chi connectivity index (χ1) is 10.1. The zero-order valence-electron chi connectivity index (χ0n) is 12.8. The molecular formula is C15H20N4O2. The average Bonchev–Trinajstić information content (AvgIpc) is 2.52. The SMILES string of the molecule is COc1cc(-c2cc(NCC(C)C)ncn2)cc(OC)n1. The van der Waals surface area contributed by atoms with Gasteiger partial charge in [0.15, 0.2) is 0 Å². The molecule has 0 saturated carbocycles. The number of rotatable bonds is 6. The molecule has 0 spiro atoms. The van der Waals surface area contributed by atoms with Crippen LogP contribution in [0.5, 0.6) is 11.8 Å². The first-order valence-corrected chi connectivity index (χ1v) is 6.78. The monoisotopic (exact) mass is 288 g/mol. The van der Waals surface area contributed by atoms with E-state index in [0.29, 0.717) is 17.7 Å². The average molecular weight is 288 g/mol. The van der Waals surface area contributed by atoms with Crippen molar-refractivity contribution in [2.45, 2.75) is 13.8 Å². The van der Waals surface area contributed by atoms with Crippen LogP contribution in [0, 0.1) is 5.92 Å². The Labute approximate surface area is 124 Å². The van der Waals surface area contributed by atoms with Crippen LogP contribution in [0.25, 0.3) is 11.3 Å². The van der Waals surface area contributed by atoms with Gasteiger partial charge < -0.3 is 14.8 Å². The molecule has 2 aromatic rings. The minimum atomic E-state index is 0.486. The van der Waals surface area contributed by atoms with Crippen molar-refractivity contribution >= 4 is 5.82 Å². The van der Waals surface area contributed by atoms with E-state index in [9.17, 15) is 0 Å². The van der Waals surface area contributed by atoms with Gasteiger partial charge in [-0.1, -0.05) is 13.8 Å². The zero-order chi connectivity index (χ0) is 15.2. The number of hydrogen-bond donors (Lipinski definition) is 1. The van der Waals surface area contributed by atoms with E-state index < -0.39 is 0 Å². The molecule has 2 aromatic heterocycles. The Morgan fingerprint density at radius 3 is 2.29 bits per heavy atom. The minimum absolute atomic E-state index is 0.486. The van der Waals surface area contributed by atoms with Crippen molar-refractivity contribution in [3.05, 3.63) is 24.5 Å². The normalized spacial score (nSPS) is 10.5. The van der Waals surface area contributed by atoms with Gasteiger partial charge in [0.25, 0.3) is 0 Å². The van der Waals surface area contributed by atoms with Gasteiger partial charge in [0.2, 0.25) is 11.8 Å². The summed E-state index contributed by atoms with van der Waals surface area (Å²) in [4.78, 5) is 12.7. The van der Waals surface area contributed by atoms with Crippen LogP contribution >= 0.6 is 0 Å². The number of hydrogen-bond acceptors (Lipinski definition) is 6. The Morgan fingerprint density at radius 2 is 1.71 bits per heavy atom.